The molecule has 0 spiro atoms. The SMILES string of the molecule is Cc1oc(/[SH](=O)=N/C(=O)Nc2c3c(cc4c2C(C)CC4)CCC3)cc1C(C)(C)O. The summed E-state index contributed by atoms with van der Waals surface area (Å²) >= 11 is 0. The van der Waals surface area contributed by atoms with E-state index in [9.17, 15) is 14.1 Å². The second-order valence-corrected chi connectivity index (χ2v) is 9.86. The highest BCUT2D eigenvalue weighted by Crippen LogP contribution is 2.43. The van der Waals surface area contributed by atoms with Crippen LogP contribution in [0.25, 0.3) is 0 Å². The highest BCUT2D eigenvalue weighted by Gasteiger charge is 2.29. The number of nitrogens with zero attached hydrogens (tertiary/aromatic N) is 1. The predicted octanol–water partition coefficient (Wildman–Crippen LogP) is 4.61. The van der Waals surface area contributed by atoms with Crippen molar-refractivity contribution in [2.24, 2.45) is 4.36 Å². The van der Waals surface area contributed by atoms with E-state index in [1.165, 1.54) is 28.3 Å². The molecule has 2 unspecified atom stereocenters. The van der Waals surface area contributed by atoms with Crippen molar-refractivity contribution in [2.45, 2.75) is 76.4 Å². The van der Waals surface area contributed by atoms with Gasteiger partial charge in [-0.05, 0) is 81.0 Å². The average molecular weight is 417 g/mol. The van der Waals surface area contributed by atoms with E-state index in [1.807, 2.05) is 0 Å². The van der Waals surface area contributed by atoms with E-state index in [0.717, 1.165) is 37.8 Å². The van der Waals surface area contributed by atoms with E-state index in [1.54, 1.807) is 20.8 Å². The average Bonchev–Trinajstić information content (AvgIpc) is 3.33. The van der Waals surface area contributed by atoms with Crippen molar-refractivity contribution in [3.63, 3.8) is 0 Å². The van der Waals surface area contributed by atoms with Gasteiger partial charge < -0.3 is 14.8 Å². The largest absolute Gasteiger partial charge is 0.452 e. The molecule has 1 aromatic carbocycles. The van der Waals surface area contributed by atoms with Crippen molar-refractivity contribution in [2.75, 3.05) is 5.32 Å². The van der Waals surface area contributed by atoms with Gasteiger partial charge in [0.15, 0.2) is 5.09 Å². The van der Waals surface area contributed by atoms with E-state index in [4.69, 9.17) is 4.42 Å². The topological polar surface area (TPSA) is 91.9 Å². The first-order chi connectivity index (χ1) is 13.6. The van der Waals surface area contributed by atoms with Gasteiger partial charge in [0.1, 0.15) is 16.4 Å². The monoisotopic (exact) mass is 416 g/mol. The van der Waals surface area contributed by atoms with Gasteiger partial charge in [-0.15, -0.1) is 4.36 Å². The van der Waals surface area contributed by atoms with Crippen molar-refractivity contribution in [3.8, 4) is 0 Å². The maximum Gasteiger partial charge on any atom is 0.353 e. The van der Waals surface area contributed by atoms with Crippen LogP contribution in [0.1, 0.15) is 73.1 Å². The zero-order chi connectivity index (χ0) is 20.9. The van der Waals surface area contributed by atoms with E-state index < -0.39 is 22.2 Å². The molecule has 0 fully saturated rings. The molecule has 2 N–H and O–H groups in total. The molecule has 1 aromatic heterocycles. The van der Waals surface area contributed by atoms with Crippen molar-refractivity contribution < 1.29 is 18.5 Å². The molecule has 0 aliphatic heterocycles. The van der Waals surface area contributed by atoms with Gasteiger partial charge in [-0.25, -0.2) is 9.00 Å². The number of benzene rings is 1. The van der Waals surface area contributed by atoms with Crippen LogP contribution >= 0.6 is 0 Å². The summed E-state index contributed by atoms with van der Waals surface area (Å²) in [4.78, 5) is 12.6. The molecular weight excluding hydrogens is 388 g/mol. The Kier molecular flexibility index (Phi) is 5.07. The molecule has 29 heavy (non-hydrogen) atoms. The van der Waals surface area contributed by atoms with Crippen LogP contribution < -0.4 is 5.32 Å². The van der Waals surface area contributed by atoms with E-state index >= 15 is 0 Å². The highest BCUT2D eigenvalue weighted by atomic mass is 32.2. The second kappa shape index (κ2) is 7.29. The summed E-state index contributed by atoms with van der Waals surface area (Å²) in [6.07, 6.45) is 5.19. The molecule has 0 radical (unpaired) electrons. The van der Waals surface area contributed by atoms with Crippen LogP contribution in [0.4, 0.5) is 10.5 Å². The Morgan fingerprint density at radius 2 is 2.03 bits per heavy atom. The first-order valence-electron chi connectivity index (χ1n) is 10.2. The highest BCUT2D eigenvalue weighted by molar-refractivity contribution is 7.75. The Bertz CT molecular complexity index is 1070. The number of rotatable bonds is 3. The standard InChI is InChI=1S/C22H28N2O4S/c1-12-8-9-15-10-14-6-5-7-16(14)20(19(12)15)23-21(25)24-29(27)18-11-17(13(2)28-18)22(3,4)26/h10-12,26,29H,5-9H2,1-4H3,(H,23,25). The van der Waals surface area contributed by atoms with E-state index in [-0.39, 0.29) is 5.09 Å². The number of fused-ring (bicyclic) bond motifs is 2. The minimum absolute atomic E-state index is 0.0988. The Labute approximate surface area is 172 Å². The van der Waals surface area contributed by atoms with Gasteiger partial charge in [-0.3, -0.25) is 0 Å². The number of carbonyl (C=O) groups excluding carboxylic acids is 1. The molecule has 2 atom stereocenters. The molecule has 6 nitrogen and oxygen atoms in total. The second-order valence-electron chi connectivity index (χ2n) is 8.67. The minimum atomic E-state index is -2.39. The summed E-state index contributed by atoms with van der Waals surface area (Å²) < 4.78 is 22.0. The van der Waals surface area contributed by atoms with Crippen LogP contribution in [0.15, 0.2) is 26.0 Å². The van der Waals surface area contributed by atoms with Crippen LogP contribution in [0.3, 0.4) is 0 Å². The Morgan fingerprint density at radius 1 is 1.28 bits per heavy atom. The molecular formula is C22H28N2O4S. The van der Waals surface area contributed by atoms with Crippen LogP contribution in [-0.2, 0) is 35.5 Å². The number of hydrogen-bond acceptors (Lipinski definition) is 4. The fourth-order valence-electron chi connectivity index (χ4n) is 4.68. The summed E-state index contributed by atoms with van der Waals surface area (Å²) in [6.45, 7) is 7.13. The number of nitrogens with one attached hydrogen (secondary N) is 1. The maximum atomic E-state index is 12.6. The number of urea groups is 1. The Balaban J connectivity index is 1.64. The summed E-state index contributed by atoms with van der Waals surface area (Å²) in [5.74, 6) is 0.862. The van der Waals surface area contributed by atoms with Crippen molar-refractivity contribution >= 4 is 22.3 Å². The van der Waals surface area contributed by atoms with Crippen molar-refractivity contribution in [1.29, 1.82) is 0 Å². The molecule has 4 rings (SSSR count). The van der Waals surface area contributed by atoms with Crippen LogP contribution in [0.2, 0.25) is 0 Å². The zero-order valence-electron chi connectivity index (χ0n) is 17.3. The number of anilines is 1. The van der Waals surface area contributed by atoms with Crippen LogP contribution in [0, 0.1) is 6.92 Å². The van der Waals surface area contributed by atoms with Gasteiger partial charge in [0.05, 0.1) is 5.60 Å². The Hall–Kier alpha value is -2.12. The lowest BCUT2D eigenvalue weighted by Gasteiger charge is -2.17. The summed E-state index contributed by atoms with van der Waals surface area (Å²) in [6, 6.07) is 3.20. The van der Waals surface area contributed by atoms with Gasteiger partial charge in [-0.2, -0.15) is 0 Å². The van der Waals surface area contributed by atoms with Crippen LogP contribution in [-0.4, -0.2) is 15.3 Å². The number of hydrogen-bond donors (Lipinski definition) is 3. The fourth-order valence-corrected chi connectivity index (χ4v) is 5.45. The first kappa shape index (κ1) is 20.2. The summed E-state index contributed by atoms with van der Waals surface area (Å²) in [5, 5.41) is 13.2. The number of carbonyl (C=O) groups is 1. The molecule has 0 saturated carbocycles. The van der Waals surface area contributed by atoms with Gasteiger partial charge >= 0.3 is 6.03 Å². The normalized spacial score (nSPS) is 19.3. The summed E-state index contributed by atoms with van der Waals surface area (Å²) in [5.41, 5.74) is 5.34. The molecule has 2 aliphatic rings. The van der Waals surface area contributed by atoms with Crippen molar-refractivity contribution in [1.82, 2.24) is 0 Å². The van der Waals surface area contributed by atoms with Gasteiger partial charge in [0.2, 0.25) is 0 Å². The number of aliphatic hydroxyl groups is 1. The lowest BCUT2D eigenvalue weighted by molar-refractivity contribution is 0.0769. The van der Waals surface area contributed by atoms with E-state index in [0.29, 0.717) is 17.2 Å². The van der Waals surface area contributed by atoms with Crippen LogP contribution in [0.5, 0.6) is 0 Å². The Morgan fingerprint density at radius 3 is 2.72 bits per heavy atom. The molecule has 0 bridgehead atoms. The third-order valence-corrected chi connectivity index (χ3v) is 6.99. The number of aryl methyl sites for hydroxylation is 3. The molecule has 156 valence electrons. The third kappa shape index (κ3) is 3.73. The molecule has 7 heteroatoms. The zero-order valence-corrected chi connectivity index (χ0v) is 18.2. The van der Waals surface area contributed by atoms with E-state index in [2.05, 4.69) is 22.7 Å². The fraction of sp³-hybridized carbons (Fsp3) is 0.500. The van der Waals surface area contributed by atoms with Gasteiger partial charge in [0.25, 0.3) is 0 Å². The quantitative estimate of drug-likeness (QED) is 0.637. The molecule has 0 saturated heterocycles. The first-order valence-corrected chi connectivity index (χ1v) is 11.4. The minimum Gasteiger partial charge on any atom is -0.452 e. The lowest BCUT2D eigenvalue weighted by atomic mass is 9.95. The maximum absolute atomic E-state index is 12.6. The number of furan rings is 1. The van der Waals surface area contributed by atoms with Gasteiger partial charge in [0, 0.05) is 17.3 Å². The van der Waals surface area contributed by atoms with Gasteiger partial charge in [-0.1, -0.05) is 13.0 Å². The molecule has 2 aromatic rings. The number of thiol groups is 1. The third-order valence-electron chi connectivity index (χ3n) is 6.03. The molecule has 2 aliphatic carbocycles. The predicted molar refractivity (Wildman–Crippen MR) is 113 cm³/mol. The smallest absolute Gasteiger partial charge is 0.353 e. The molecule has 1 heterocycles. The lowest BCUT2D eigenvalue weighted by Crippen LogP contribution is -2.15. The summed E-state index contributed by atoms with van der Waals surface area (Å²) in [7, 11) is -2.39. The molecule has 2 amide bonds. The van der Waals surface area contributed by atoms with Crippen molar-refractivity contribution in [3.05, 3.63) is 45.7 Å². The number of amides is 2.